The van der Waals surface area contributed by atoms with E-state index in [0.717, 1.165) is 28.8 Å². The summed E-state index contributed by atoms with van der Waals surface area (Å²) in [6, 6.07) is 9.89. The summed E-state index contributed by atoms with van der Waals surface area (Å²) < 4.78 is 0. The number of amides is 2. The molecular weight excluding hydrogens is 326 g/mol. The van der Waals surface area contributed by atoms with Crippen LogP contribution in [0.1, 0.15) is 23.1 Å². The smallest absolute Gasteiger partial charge is 0.228 e. The second-order valence-corrected chi connectivity index (χ2v) is 7.12. The molecule has 3 rings (SSSR count). The fourth-order valence-corrected chi connectivity index (χ4v) is 3.09. The fourth-order valence-electron chi connectivity index (χ4n) is 3.09. The molecule has 5 heteroatoms. The van der Waals surface area contributed by atoms with Gasteiger partial charge in [-0.1, -0.05) is 12.1 Å². The summed E-state index contributed by atoms with van der Waals surface area (Å²) in [6.07, 6.45) is 4.93. The molecule has 1 aromatic heterocycles. The molecule has 2 atom stereocenters. The monoisotopic (exact) mass is 351 g/mol. The Labute approximate surface area is 154 Å². The molecule has 0 radical (unpaired) electrons. The number of pyridine rings is 1. The number of nitrogens with one attached hydrogen (secondary N) is 1. The Balaban J connectivity index is 1.51. The van der Waals surface area contributed by atoms with Crippen LogP contribution < -0.4 is 5.32 Å². The number of hydrogen-bond acceptors (Lipinski definition) is 3. The third-order valence-corrected chi connectivity index (χ3v) is 4.96. The predicted molar refractivity (Wildman–Crippen MR) is 102 cm³/mol. The Morgan fingerprint density at radius 2 is 1.88 bits per heavy atom. The van der Waals surface area contributed by atoms with Crippen LogP contribution in [0.3, 0.4) is 0 Å². The maximum Gasteiger partial charge on any atom is 0.228 e. The van der Waals surface area contributed by atoms with Gasteiger partial charge < -0.3 is 10.2 Å². The highest BCUT2D eigenvalue weighted by molar-refractivity contribution is 5.99. The van der Waals surface area contributed by atoms with Gasteiger partial charge in [0.15, 0.2) is 0 Å². The molecule has 26 heavy (non-hydrogen) atoms. The van der Waals surface area contributed by atoms with Crippen LogP contribution in [0.5, 0.6) is 0 Å². The number of hydrogen-bond donors (Lipinski definition) is 1. The van der Waals surface area contributed by atoms with Crippen LogP contribution in [-0.2, 0) is 16.0 Å². The van der Waals surface area contributed by atoms with Gasteiger partial charge in [0.05, 0.1) is 11.8 Å². The van der Waals surface area contributed by atoms with Gasteiger partial charge in [0, 0.05) is 31.7 Å². The highest BCUT2D eigenvalue weighted by Gasteiger charge is 2.49. The maximum absolute atomic E-state index is 12.5. The number of carbonyl (C=O) groups excluding carboxylic acids is 2. The quantitative estimate of drug-likeness (QED) is 0.870. The van der Waals surface area contributed by atoms with Crippen molar-refractivity contribution in [3.05, 3.63) is 59.4 Å². The van der Waals surface area contributed by atoms with Crippen LogP contribution in [0.25, 0.3) is 0 Å². The summed E-state index contributed by atoms with van der Waals surface area (Å²) in [4.78, 5) is 30.7. The van der Waals surface area contributed by atoms with E-state index in [2.05, 4.69) is 10.3 Å². The predicted octanol–water partition coefficient (Wildman–Crippen LogP) is 2.97. The van der Waals surface area contributed by atoms with Crippen molar-refractivity contribution in [3.63, 3.8) is 0 Å². The number of nitrogens with zero attached hydrogens (tertiary/aromatic N) is 2. The fraction of sp³-hybridized carbons (Fsp3) is 0.381. The zero-order valence-corrected chi connectivity index (χ0v) is 15.5. The summed E-state index contributed by atoms with van der Waals surface area (Å²) in [5, 5.41) is 2.98. The lowest BCUT2D eigenvalue weighted by Gasteiger charge is -2.17. The molecule has 0 aliphatic heterocycles. The summed E-state index contributed by atoms with van der Waals surface area (Å²) in [7, 11) is 1.81. The molecule has 1 saturated carbocycles. The van der Waals surface area contributed by atoms with E-state index in [0.29, 0.717) is 13.0 Å². The SMILES string of the molecule is Cc1ccc(C)c(NC(=O)C2CC2C(=O)N(C)CCc2ccncc2)c1. The first-order valence-electron chi connectivity index (χ1n) is 8.97. The summed E-state index contributed by atoms with van der Waals surface area (Å²) in [6.45, 7) is 4.61. The van der Waals surface area contributed by atoms with Gasteiger partial charge in [-0.25, -0.2) is 0 Å². The summed E-state index contributed by atoms with van der Waals surface area (Å²) >= 11 is 0. The molecule has 0 bridgehead atoms. The zero-order chi connectivity index (χ0) is 18.7. The Kier molecular flexibility index (Phi) is 5.35. The van der Waals surface area contributed by atoms with Crippen LogP contribution >= 0.6 is 0 Å². The molecule has 5 nitrogen and oxygen atoms in total. The lowest BCUT2D eigenvalue weighted by Crippen LogP contribution is -2.31. The number of likely N-dealkylation sites (N-methyl/N-ethyl adjacent to an activating group) is 1. The van der Waals surface area contributed by atoms with Gasteiger partial charge >= 0.3 is 0 Å². The second kappa shape index (κ2) is 7.68. The Morgan fingerprint density at radius 1 is 1.15 bits per heavy atom. The van der Waals surface area contributed by atoms with E-state index in [1.165, 1.54) is 0 Å². The van der Waals surface area contributed by atoms with Crippen molar-refractivity contribution in [2.75, 3.05) is 18.9 Å². The van der Waals surface area contributed by atoms with Crippen molar-refractivity contribution in [1.82, 2.24) is 9.88 Å². The standard InChI is InChI=1S/C21H25N3O2/c1-14-4-5-15(2)19(12-14)23-20(25)17-13-18(17)21(26)24(3)11-8-16-6-9-22-10-7-16/h4-7,9-10,12,17-18H,8,11,13H2,1-3H3,(H,23,25). The lowest BCUT2D eigenvalue weighted by atomic mass is 10.1. The minimum absolute atomic E-state index is 0.0557. The highest BCUT2D eigenvalue weighted by Crippen LogP contribution is 2.40. The molecule has 1 aromatic carbocycles. The number of benzene rings is 1. The van der Waals surface area contributed by atoms with Crippen molar-refractivity contribution < 1.29 is 9.59 Å². The molecule has 1 N–H and O–H groups in total. The molecule has 0 spiro atoms. The van der Waals surface area contributed by atoms with Crippen LogP contribution in [0.15, 0.2) is 42.7 Å². The Hall–Kier alpha value is -2.69. The average molecular weight is 351 g/mol. The van der Waals surface area contributed by atoms with Crippen LogP contribution in [0.2, 0.25) is 0 Å². The topological polar surface area (TPSA) is 62.3 Å². The van der Waals surface area contributed by atoms with Gasteiger partial charge in [0.1, 0.15) is 0 Å². The molecule has 1 aliphatic rings. The molecule has 2 aromatic rings. The Bertz CT molecular complexity index is 804. The molecule has 0 saturated heterocycles. The van der Waals surface area contributed by atoms with Crippen molar-refractivity contribution in [1.29, 1.82) is 0 Å². The third-order valence-electron chi connectivity index (χ3n) is 4.96. The van der Waals surface area contributed by atoms with E-state index in [-0.39, 0.29) is 23.7 Å². The third kappa shape index (κ3) is 4.28. The highest BCUT2D eigenvalue weighted by atomic mass is 16.2. The number of aromatic nitrogens is 1. The van der Waals surface area contributed by atoms with E-state index in [1.54, 1.807) is 17.3 Å². The molecule has 2 amide bonds. The average Bonchev–Trinajstić information content (AvgIpc) is 3.44. The first-order chi connectivity index (χ1) is 12.5. The summed E-state index contributed by atoms with van der Waals surface area (Å²) in [5.74, 6) is -0.409. The van der Waals surface area contributed by atoms with Crippen molar-refractivity contribution in [2.24, 2.45) is 11.8 Å². The van der Waals surface area contributed by atoms with E-state index < -0.39 is 0 Å². The molecular formula is C21H25N3O2. The second-order valence-electron chi connectivity index (χ2n) is 7.12. The van der Waals surface area contributed by atoms with Gasteiger partial charge in [-0.15, -0.1) is 0 Å². The van der Waals surface area contributed by atoms with Crippen LogP contribution in [-0.4, -0.2) is 35.3 Å². The van der Waals surface area contributed by atoms with Crippen LogP contribution in [0.4, 0.5) is 5.69 Å². The molecule has 1 heterocycles. The summed E-state index contributed by atoms with van der Waals surface area (Å²) in [5.41, 5.74) is 4.12. The first-order valence-corrected chi connectivity index (χ1v) is 8.97. The number of aryl methyl sites for hydroxylation is 2. The first kappa shape index (κ1) is 18.1. The molecule has 136 valence electrons. The van der Waals surface area contributed by atoms with E-state index >= 15 is 0 Å². The molecule has 1 aliphatic carbocycles. The number of carbonyl (C=O) groups is 2. The normalized spacial score (nSPS) is 18.3. The van der Waals surface area contributed by atoms with Gasteiger partial charge in [-0.2, -0.15) is 0 Å². The number of rotatable bonds is 6. The number of anilines is 1. The lowest BCUT2D eigenvalue weighted by molar-refractivity contribution is -0.132. The Morgan fingerprint density at radius 3 is 2.62 bits per heavy atom. The van der Waals surface area contributed by atoms with E-state index in [4.69, 9.17) is 0 Å². The van der Waals surface area contributed by atoms with Gasteiger partial charge in [-0.3, -0.25) is 14.6 Å². The van der Waals surface area contributed by atoms with Crippen molar-refractivity contribution in [2.45, 2.75) is 26.7 Å². The largest absolute Gasteiger partial charge is 0.345 e. The molecule has 2 unspecified atom stereocenters. The van der Waals surface area contributed by atoms with Gasteiger partial charge in [0.25, 0.3) is 0 Å². The zero-order valence-electron chi connectivity index (χ0n) is 15.5. The minimum Gasteiger partial charge on any atom is -0.345 e. The molecule has 1 fully saturated rings. The van der Waals surface area contributed by atoms with Gasteiger partial charge in [0.2, 0.25) is 11.8 Å². The van der Waals surface area contributed by atoms with Crippen molar-refractivity contribution >= 4 is 17.5 Å². The van der Waals surface area contributed by atoms with Crippen LogP contribution in [0, 0.1) is 25.7 Å². The maximum atomic E-state index is 12.5. The van der Waals surface area contributed by atoms with Crippen molar-refractivity contribution in [3.8, 4) is 0 Å². The van der Waals surface area contributed by atoms with E-state index in [9.17, 15) is 9.59 Å². The van der Waals surface area contributed by atoms with Gasteiger partial charge in [-0.05, 0) is 61.6 Å². The minimum atomic E-state index is -0.217. The van der Waals surface area contributed by atoms with E-state index in [1.807, 2.05) is 51.2 Å².